The van der Waals surface area contributed by atoms with Crippen LogP contribution in [0.15, 0.2) is 18.2 Å². The Morgan fingerprint density at radius 1 is 1.17 bits per heavy atom. The number of nitrogens with zero attached hydrogens (tertiary/aromatic N) is 1. The zero-order valence-corrected chi connectivity index (χ0v) is 12.2. The molecule has 5 amide bonds. The third-order valence-corrected chi connectivity index (χ3v) is 4.25. The molecule has 23 heavy (non-hydrogen) atoms. The third kappa shape index (κ3) is 2.02. The average Bonchev–Trinajstić information content (AvgIpc) is 2.75. The van der Waals surface area contributed by atoms with E-state index < -0.39 is 35.1 Å². The topological polar surface area (TPSA) is 127 Å². The third-order valence-electron chi connectivity index (χ3n) is 4.25. The predicted octanol–water partition coefficient (Wildman–Crippen LogP) is -0.423. The maximum atomic E-state index is 12.6. The molecular formula is C15H13N3O5. The van der Waals surface area contributed by atoms with Gasteiger partial charge in [0.15, 0.2) is 0 Å². The SMILES string of the molecule is C[C@]1(N2C(=O)c3ccc(C(N)=O)cc3C2=O)CCC(=O)NC1=O. The summed E-state index contributed by atoms with van der Waals surface area (Å²) >= 11 is 0. The van der Waals surface area contributed by atoms with Gasteiger partial charge in [-0.2, -0.15) is 0 Å². The number of nitrogens with one attached hydrogen (secondary N) is 1. The molecule has 0 bridgehead atoms. The van der Waals surface area contributed by atoms with Gasteiger partial charge in [0.05, 0.1) is 11.1 Å². The lowest BCUT2D eigenvalue weighted by molar-refractivity contribution is -0.140. The summed E-state index contributed by atoms with van der Waals surface area (Å²) in [6.45, 7) is 1.44. The number of amides is 5. The molecule has 1 aromatic rings. The smallest absolute Gasteiger partial charge is 0.262 e. The van der Waals surface area contributed by atoms with Crippen LogP contribution in [0.1, 0.15) is 50.8 Å². The number of hydrogen-bond acceptors (Lipinski definition) is 5. The molecule has 118 valence electrons. The first kappa shape index (κ1) is 14.9. The summed E-state index contributed by atoms with van der Waals surface area (Å²) < 4.78 is 0. The van der Waals surface area contributed by atoms with Crippen molar-refractivity contribution in [3.8, 4) is 0 Å². The van der Waals surface area contributed by atoms with Crippen molar-refractivity contribution in [3.05, 3.63) is 34.9 Å². The van der Waals surface area contributed by atoms with Crippen LogP contribution >= 0.6 is 0 Å². The molecule has 0 spiro atoms. The lowest BCUT2D eigenvalue weighted by atomic mass is 9.89. The van der Waals surface area contributed by atoms with Crippen LogP contribution in [0.4, 0.5) is 0 Å². The van der Waals surface area contributed by atoms with Crippen molar-refractivity contribution >= 4 is 29.5 Å². The molecule has 1 saturated heterocycles. The number of carbonyl (C=O) groups excluding carboxylic acids is 5. The van der Waals surface area contributed by atoms with Gasteiger partial charge in [-0.25, -0.2) is 0 Å². The first-order valence-corrected chi connectivity index (χ1v) is 6.93. The normalized spacial score (nSPS) is 23.8. The van der Waals surface area contributed by atoms with Crippen molar-refractivity contribution in [2.75, 3.05) is 0 Å². The number of benzene rings is 1. The summed E-state index contributed by atoms with van der Waals surface area (Å²) in [5.74, 6) is -3.18. The van der Waals surface area contributed by atoms with Crippen LogP contribution in [0.2, 0.25) is 0 Å². The van der Waals surface area contributed by atoms with E-state index in [-0.39, 0.29) is 29.5 Å². The Labute approximate surface area is 130 Å². The number of imide groups is 2. The van der Waals surface area contributed by atoms with E-state index >= 15 is 0 Å². The number of nitrogens with two attached hydrogens (primary N) is 1. The van der Waals surface area contributed by atoms with Gasteiger partial charge >= 0.3 is 0 Å². The number of hydrogen-bond donors (Lipinski definition) is 2. The molecule has 0 radical (unpaired) electrons. The minimum atomic E-state index is -1.45. The van der Waals surface area contributed by atoms with Gasteiger partial charge in [0.25, 0.3) is 17.7 Å². The van der Waals surface area contributed by atoms with Crippen molar-refractivity contribution in [1.29, 1.82) is 0 Å². The summed E-state index contributed by atoms with van der Waals surface area (Å²) in [4.78, 5) is 60.7. The van der Waals surface area contributed by atoms with Gasteiger partial charge in [-0.3, -0.25) is 34.2 Å². The van der Waals surface area contributed by atoms with Crippen LogP contribution in [0.5, 0.6) is 0 Å². The monoisotopic (exact) mass is 315 g/mol. The highest BCUT2D eigenvalue weighted by molar-refractivity contribution is 6.24. The molecule has 0 unspecified atom stereocenters. The molecule has 0 saturated carbocycles. The fourth-order valence-corrected chi connectivity index (χ4v) is 2.85. The van der Waals surface area contributed by atoms with Crippen molar-refractivity contribution in [3.63, 3.8) is 0 Å². The maximum absolute atomic E-state index is 12.6. The minimum absolute atomic E-state index is 0.0252. The average molecular weight is 315 g/mol. The molecule has 2 heterocycles. The Morgan fingerprint density at radius 3 is 2.43 bits per heavy atom. The van der Waals surface area contributed by atoms with Crippen molar-refractivity contribution < 1.29 is 24.0 Å². The van der Waals surface area contributed by atoms with Crippen LogP contribution in [-0.2, 0) is 9.59 Å². The summed E-state index contributed by atoms with van der Waals surface area (Å²) in [6.07, 6.45) is 0.0774. The quantitative estimate of drug-likeness (QED) is 0.716. The Bertz CT molecular complexity index is 800. The Morgan fingerprint density at radius 2 is 1.83 bits per heavy atom. The predicted molar refractivity (Wildman–Crippen MR) is 76.2 cm³/mol. The summed E-state index contributed by atoms with van der Waals surface area (Å²) in [5.41, 5.74) is 3.95. The Balaban J connectivity index is 2.05. The van der Waals surface area contributed by atoms with E-state index in [0.717, 1.165) is 4.90 Å². The minimum Gasteiger partial charge on any atom is -0.366 e. The zero-order chi connectivity index (χ0) is 16.9. The van der Waals surface area contributed by atoms with E-state index in [9.17, 15) is 24.0 Å². The van der Waals surface area contributed by atoms with Gasteiger partial charge in [-0.1, -0.05) is 0 Å². The molecule has 0 aliphatic carbocycles. The van der Waals surface area contributed by atoms with Gasteiger partial charge in [0.2, 0.25) is 11.8 Å². The van der Waals surface area contributed by atoms with Crippen LogP contribution in [0.3, 0.4) is 0 Å². The fourth-order valence-electron chi connectivity index (χ4n) is 2.85. The summed E-state index contributed by atoms with van der Waals surface area (Å²) in [7, 11) is 0. The van der Waals surface area contributed by atoms with Crippen LogP contribution < -0.4 is 11.1 Å². The molecule has 1 fully saturated rings. The van der Waals surface area contributed by atoms with Gasteiger partial charge in [-0.05, 0) is 31.5 Å². The van der Waals surface area contributed by atoms with Crippen LogP contribution in [0, 0.1) is 0 Å². The standard InChI is InChI=1S/C15H13N3O5/c1-15(5-4-10(19)17-14(15)23)18-12(21)8-3-2-7(11(16)20)6-9(8)13(18)22/h2-3,6H,4-5H2,1H3,(H2,16,20)(H,17,19,23)/t15-/m0/s1. The number of primary amides is 1. The van der Waals surface area contributed by atoms with E-state index in [0.29, 0.717) is 0 Å². The number of piperidine rings is 1. The number of carbonyl (C=O) groups is 5. The van der Waals surface area contributed by atoms with E-state index in [1.54, 1.807) is 0 Å². The molecule has 2 aliphatic rings. The number of fused-ring (bicyclic) bond motifs is 1. The first-order valence-electron chi connectivity index (χ1n) is 6.93. The van der Waals surface area contributed by atoms with Gasteiger partial charge in [-0.15, -0.1) is 0 Å². The molecule has 2 aliphatic heterocycles. The van der Waals surface area contributed by atoms with Crippen molar-refractivity contribution in [2.24, 2.45) is 5.73 Å². The summed E-state index contributed by atoms with van der Waals surface area (Å²) in [5, 5.41) is 2.15. The highest BCUT2D eigenvalue weighted by Crippen LogP contribution is 2.34. The molecule has 8 heteroatoms. The van der Waals surface area contributed by atoms with Gasteiger partial charge in [0, 0.05) is 12.0 Å². The molecule has 3 rings (SSSR count). The Kier molecular flexibility index (Phi) is 3.06. The second-order valence-electron chi connectivity index (χ2n) is 5.72. The zero-order valence-electron chi connectivity index (χ0n) is 12.2. The highest BCUT2D eigenvalue weighted by Gasteiger charge is 2.52. The largest absolute Gasteiger partial charge is 0.366 e. The Hall–Kier alpha value is -3.03. The van der Waals surface area contributed by atoms with Crippen molar-refractivity contribution in [2.45, 2.75) is 25.3 Å². The number of rotatable bonds is 2. The van der Waals surface area contributed by atoms with E-state index in [1.807, 2.05) is 0 Å². The van der Waals surface area contributed by atoms with E-state index in [2.05, 4.69) is 5.32 Å². The molecule has 1 atom stereocenters. The second kappa shape index (κ2) is 4.73. The first-order chi connectivity index (χ1) is 10.8. The van der Waals surface area contributed by atoms with E-state index in [1.165, 1.54) is 25.1 Å². The lowest BCUT2D eigenvalue weighted by Crippen LogP contribution is -2.62. The van der Waals surface area contributed by atoms with Gasteiger partial charge in [0.1, 0.15) is 5.54 Å². The fraction of sp³-hybridized carbons (Fsp3) is 0.267. The molecule has 1 aromatic carbocycles. The summed E-state index contributed by atoms with van der Waals surface area (Å²) in [6, 6.07) is 3.93. The highest BCUT2D eigenvalue weighted by atomic mass is 16.2. The molecule has 0 aromatic heterocycles. The molecular weight excluding hydrogens is 302 g/mol. The van der Waals surface area contributed by atoms with Crippen LogP contribution in [-0.4, -0.2) is 40.0 Å². The molecule has 3 N–H and O–H groups in total. The second-order valence-corrected chi connectivity index (χ2v) is 5.72. The lowest BCUT2D eigenvalue weighted by Gasteiger charge is -2.38. The van der Waals surface area contributed by atoms with Crippen molar-refractivity contribution in [1.82, 2.24) is 10.2 Å². The van der Waals surface area contributed by atoms with E-state index in [4.69, 9.17) is 5.73 Å². The van der Waals surface area contributed by atoms with Crippen LogP contribution in [0.25, 0.3) is 0 Å². The van der Waals surface area contributed by atoms with Gasteiger partial charge < -0.3 is 5.73 Å². The maximum Gasteiger partial charge on any atom is 0.262 e. The molecule has 8 nitrogen and oxygen atoms in total.